The molecule has 13 heavy (non-hydrogen) atoms. The van der Waals surface area contributed by atoms with E-state index in [0.717, 1.165) is 19.3 Å². The second-order valence-corrected chi connectivity index (χ2v) is 3.18. The van der Waals surface area contributed by atoms with Gasteiger partial charge in [-0.15, -0.1) is 0 Å². The summed E-state index contributed by atoms with van der Waals surface area (Å²) in [5.74, 6) is -0.897. The first-order valence-electron chi connectivity index (χ1n) is 4.66. The van der Waals surface area contributed by atoms with E-state index in [0.29, 0.717) is 6.42 Å². The van der Waals surface area contributed by atoms with E-state index in [1.807, 2.05) is 6.92 Å². The van der Waals surface area contributed by atoms with Gasteiger partial charge in [-0.05, 0) is 25.2 Å². The van der Waals surface area contributed by atoms with Crippen molar-refractivity contribution in [3.8, 4) is 0 Å². The minimum Gasteiger partial charge on any atom is -0.478 e. The highest BCUT2D eigenvalue weighted by Gasteiger charge is 2.16. The fraction of sp³-hybridized carbons (Fsp3) is 0.700. The summed E-state index contributed by atoms with van der Waals surface area (Å²) in [5, 5.41) is 17.3. The van der Waals surface area contributed by atoms with Crippen LogP contribution in [0.25, 0.3) is 0 Å². The van der Waals surface area contributed by atoms with Crippen LogP contribution >= 0.6 is 0 Å². The number of carbonyl (C=O) groups is 1. The molecule has 0 saturated heterocycles. The Labute approximate surface area is 79.1 Å². The summed E-state index contributed by atoms with van der Waals surface area (Å²) < 4.78 is 0. The molecule has 2 N–H and O–H groups in total. The van der Waals surface area contributed by atoms with E-state index >= 15 is 0 Å². The van der Waals surface area contributed by atoms with Crippen LogP contribution in [-0.2, 0) is 4.79 Å². The Morgan fingerprint density at radius 3 is 2.46 bits per heavy atom. The molecule has 0 aromatic rings. The maximum Gasteiger partial charge on any atom is 0.331 e. The van der Waals surface area contributed by atoms with Gasteiger partial charge >= 0.3 is 5.97 Å². The summed E-state index contributed by atoms with van der Waals surface area (Å²) in [5.41, 5.74) is 0.273. The van der Waals surface area contributed by atoms with Crippen molar-refractivity contribution in [1.82, 2.24) is 0 Å². The van der Waals surface area contributed by atoms with Gasteiger partial charge in [-0.3, -0.25) is 0 Å². The van der Waals surface area contributed by atoms with Crippen molar-refractivity contribution < 1.29 is 15.0 Å². The zero-order valence-electron chi connectivity index (χ0n) is 8.12. The van der Waals surface area contributed by atoms with E-state index in [2.05, 4.69) is 6.58 Å². The number of aliphatic carboxylic acids is 1. The van der Waals surface area contributed by atoms with E-state index in [-0.39, 0.29) is 18.1 Å². The fourth-order valence-electron chi connectivity index (χ4n) is 1.35. The molecule has 1 atom stereocenters. The monoisotopic (exact) mass is 186 g/mol. The van der Waals surface area contributed by atoms with Gasteiger partial charge in [-0.2, -0.15) is 0 Å². The number of hydrogen-bond acceptors (Lipinski definition) is 2. The Bertz CT molecular complexity index is 175. The number of aliphatic hydroxyl groups excluding tert-OH is 1. The average Bonchev–Trinajstić information content (AvgIpc) is 2.11. The highest BCUT2D eigenvalue weighted by molar-refractivity contribution is 5.86. The predicted octanol–water partition coefficient (Wildman–Crippen LogP) is 1.82. The maximum atomic E-state index is 10.6. The fourth-order valence-corrected chi connectivity index (χ4v) is 1.35. The lowest BCUT2D eigenvalue weighted by Crippen LogP contribution is -2.12. The normalized spacial score (nSPS) is 12.5. The molecule has 0 amide bonds. The summed E-state index contributed by atoms with van der Waals surface area (Å²) in [4.78, 5) is 10.6. The minimum atomic E-state index is -0.920. The smallest absolute Gasteiger partial charge is 0.331 e. The Hall–Kier alpha value is -0.830. The van der Waals surface area contributed by atoms with Crippen molar-refractivity contribution in [2.45, 2.75) is 32.6 Å². The van der Waals surface area contributed by atoms with Crippen LogP contribution in [0.15, 0.2) is 12.2 Å². The first kappa shape index (κ1) is 12.2. The number of aliphatic hydroxyl groups is 1. The van der Waals surface area contributed by atoms with Gasteiger partial charge in [0.1, 0.15) is 0 Å². The van der Waals surface area contributed by atoms with Crippen molar-refractivity contribution in [1.29, 1.82) is 0 Å². The van der Waals surface area contributed by atoms with Crippen molar-refractivity contribution >= 4 is 5.97 Å². The summed E-state index contributed by atoms with van der Waals surface area (Å²) in [7, 11) is 0. The Balaban J connectivity index is 4.06. The SMILES string of the molecule is C=C(C(=O)O)C(CCC)CCCO. The second-order valence-electron chi connectivity index (χ2n) is 3.18. The summed E-state index contributed by atoms with van der Waals surface area (Å²) in [6.45, 7) is 5.68. The van der Waals surface area contributed by atoms with E-state index in [1.165, 1.54) is 0 Å². The zero-order chi connectivity index (χ0) is 10.3. The Morgan fingerprint density at radius 1 is 1.46 bits per heavy atom. The predicted molar refractivity (Wildman–Crippen MR) is 51.5 cm³/mol. The third kappa shape index (κ3) is 4.68. The van der Waals surface area contributed by atoms with Gasteiger partial charge in [0, 0.05) is 12.2 Å². The maximum absolute atomic E-state index is 10.6. The van der Waals surface area contributed by atoms with Crippen LogP contribution in [0.5, 0.6) is 0 Å². The molecule has 76 valence electrons. The Kier molecular flexibility index (Phi) is 6.24. The highest BCUT2D eigenvalue weighted by Crippen LogP contribution is 2.21. The van der Waals surface area contributed by atoms with Crippen LogP contribution in [0.2, 0.25) is 0 Å². The molecule has 3 heteroatoms. The lowest BCUT2D eigenvalue weighted by molar-refractivity contribution is -0.133. The summed E-state index contributed by atoms with van der Waals surface area (Å²) >= 11 is 0. The number of carboxylic acids is 1. The molecular formula is C10H18O3. The van der Waals surface area contributed by atoms with Gasteiger partial charge in [0.25, 0.3) is 0 Å². The van der Waals surface area contributed by atoms with Crippen LogP contribution in [0.1, 0.15) is 32.6 Å². The molecule has 0 spiro atoms. The van der Waals surface area contributed by atoms with Crippen LogP contribution in [0.4, 0.5) is 0 Å². The van der Waals surface area contributed by atoms with Gasteiger partial charge in [0.2, 0.25) is 0 Å². The lowest BCUT2D eigenvalue weighted by atomic mass is 9.91. The van der Waals surface area contributed by atoms with Gasteiger partial charge in [0.15, 0.2) is 0 Å². The van der Waals surface area contributed by atoms with Crippen LogP contribution < -0.4 is 0 Å². The number of hydrogen-bond donors (Lipinski definition) is 2. The first-order chi connectivity index (χ1) is 6.13. The largest absolute Gasteiger partial charge is 0.478 e. The topological polar surface area (TPSA) is 57.5 Å². The van der Waals surface area contributed by atoms with Crippen molar-refractivity contribution in [2.24, 2.45) is 5.92 Å². The third-order valence-corrected chi connectivity index (χ3v) is 2.12. The van der Waals surface area contributed by atoms with Gasteiger partial charge < -0.3 is 10.2 Å². The van der Waals surface area contributed by atoms with Gasteiger partial charge in [0.05, 0.1) is 0 Å². The average molecular weight is 186 g/mol. The molecule has 0 bridgehead atoms. The van der Waals surface area contributed by atoms with E-state index in [1.54, 1.807) is 0 Å². The van der Waals surface area contributed by atoms with Crippen molar-refractivity contribution in [3.63, 3.8) is 0 Å². The van der Waals surface area contributed by atoms with Crippen molar-refractivity contribution in [2.75, 3.05) is 6.61 Å². The van der Waals surface area contributed by atoms with Crippen molar-refractivity contribution in [3.05, 3.63) is 12.2 Å². The Morgan fingerprint density at radius 2 is 2.08 bits per heavy atom. The third-order valence-electron chi connectivity index (χ3n) is 2.12. The second kappa shape index (κ2) is 6.66. The first-order valence-corrected chi connectivity index (χ1v) is 4.66. The summed E-state index contributed by atoms with van der Waals surface area (Å²) in [6, 6.07) is 0. The van der Waals surface area contributed by atoms with E-state index < -0.39 is 5.97 Å². The molecule has 0 saturated carbocycles. The minimum absolute atomic E-state index is 0.0228. The molecule has 3 nitrogen and oxygen atoms in total. The molecule has 0 radical (unpaired) electrons. The quantitative estimate of drug-likeness (QED) is 0.596. The number of rotatable bonds is 7. The van der Waals surface area contributed by atoms with E-state index in [9.17, 15) is 4.79 Å². The molecule has 0 aliphatic heterocycles. The van der Waals surface area contributed by atoms with Gasteiger partial charge in [-0.1, -0.05) is 19.9 Å². The zero-order valence-corrected chi connectivity index (χ0v) is 8.12. The molecule has 0 aromatic carbocycles. The van der Waals surface area contributed by atoms with E-state index in [4.69, 9.17) is 10.2 Å². The molecule has 0 rings (SSSR count). The molecule has 0 heterocycles. The standard InChI is InChI=1S/C10H18O3/c1-3-5-9(6-4-7-11)8(2)10(12)13/h9,11H,2-7H2,1H3,(H,12,13). The molecule has 0 fully saturated rings. The molecule has 0 aliphatic rings. The highest BCUT2D eigenvalue weighted by atomic mass is 16.4. The molecular weight excluding hydrogens is 168 g/mol. The summed E-state index contributed by atoms with van der Waals surface area (Å²) in [6.07, 6.45) is 3.15. The number of carboxylic acid groups (broad SMARTS) is 1. The van der Waals surface area contributed by atoms with Crippen LogP contribution in [0, 0.1) is 5.92 Å². The lowest BCUT2D eigenvalue weighted by Gasteiger charge is -2.14. The molecule has 0 aliphatic carbocycles. The van der Waals surface area contributed by atoms with Crippen LogP contribution in [0.3, 0.4) is 0 Å². The molecule has 1 unspecified atom stereocenters. The van der Waals surface area contributed by atoms with Gasteiger partial charge in [-0.25, -0.2) is 4.79 Å². The van der Waals surface area contributed by atoms with Crippen LogP contribution in [-0.4, -0.2) is 22.8 Å². The molecule has 0 aromatic heterocycles.